The van der Waals surface area contributed by atoms with Crippen molar-refractivity contribution < 1.29 is 18.3 Å². The molecule has 1 aromatic heterocycles. The summed E-state index contributed by atoms with van der Waals surface area (Å²) in [4.78, 5) is 20.5. The van der Waals surface area contributed by atoms with Crippen LogP contribution in [0.3, 0.4) is 0 Å². The minimum atomic E-state index is -0.326. The molecule has 7 heteroatoms. The van der Waals surface area contributed by atoms with Crippen LogP contribution in [0.4, 0.5) is 4.39 Å². The average molecular weight is 333 g/mol. The van der Waals surface area contributed by atoms with Gasteiger partial charge >= 0.3 is 0 Å². The van der Waals surface area contributed by atoms with Gasteiger partial charge in [0.15, 0.2) is 12.3 Å². The fourth-order valence-electron chi connectivity index (χ4n) is 2.66. The molecule has 0 spiro atoms. The van der Waals surface area contributed by atoms with Crippen LogP contribution in [0, 0.1) is 5.82 Å². The van der Waals surface area contributed by atoms with Gasteiger partial charge in [-0.2, -0.15) is 0 Å². The van der Waals surface area contributed by atoms with Crippen LogP contribution in [0.1, 0.15) is 22.8 Å². The number of aromatic nitrogens is 1. The van der Waals surface area contributed by atoms with Crippen LogP contribution in [-0.4, -0.2) is 53.9 Å². The molecular formula is C17H20FN3O3. The van der Waals surface area contributed by atoms with Crippen molar-refractivity contribution in [2.45, 2.75) is 19.1 Å². The Balaban J connectivity index is 1.57. The Morgan fingerprint density at radius 2 is 2.17 bits per heavy atom. The topological polar surface area (TPSA) is 58.8 Å². The number of nitrogens with zero attached hydrogens (tertiary/aromatic N) is 3. The minimum absolute atomic E-state index is 0.0826. The Morgan fingerprint density at radius 3 is 2.83 bits per heavy atom. The highest BCUT2D eigenvalue weighted by Gasteiger charge is 2.29. The van der Waals surface area contributed by atoms with Gasteiger partial charge < -0.3 is 19.0 Å². The van der Waals surface area contributed by atoms with Gasteiger partial charge in [0.25, 0.3) is 5.91 Å². The zero-order valence-electron chi connectivity index (χ0n) is 13.7. The summed E-state index contributed by atoms with van der Waals surface area (Å²) < 4.78 is 23.6. The molecule has 24 heavy (non-hydrogen) atoms. The summed E-state index contributed by atoms with van der Waals surface area (Å²) >= 11 is 0. The zero-order valence-corrected chi connectivity index (χ0v) is 13.7. The number of carbonyl (C=O) groups excluding carboxylic acids is 1. The number of likely N-dealkylation sites (N-methyl/N-ethyl adjacent to an activating group) is 1. The summed E-state index contributed by atoms with van der Waals surface area (Å²) in [5.74, 6) is 0.367. The van der Waals surface area contributed by atoms with Crippen molar-refractivity contribution in [1.82, 2.24) is 14.8 Å². The first-order valence-corrected chi connectivity index (χ1v) is 7.81. The molecule has 1 aliphatic heterocycles. The van der Waals surface area contributed by atoms with Crippen LogP contribution < -0.4 is 4.74 Å². The second kappa shape index (κ2) is 7.00. The normalized spacial score (nSPS) is 17.5. The molecule has 0 saturated carbocycles. The highest BCUT2D eigenvalue weighted by atomic mass is 19.1. The van der Waals surface area contributed by atoms with E-state index in [2.05, 4.69) is 9.88 Å². The van der Waals surface area contributed by atoms with Gasteiger partial charge in [-0.1, -0.05) is 0 Å². The Morgan fingerprint density at radius 1 is 1.42 bits per heavy atom. The predicted octanol–water partition coefficient (Wildman–Crippen LogP) is 2.17. The van der Waals surface area contributed by atoms with Gasteiger partial charge in [-0.05, 0) is 44.8 Å². The van der Waals surface area contributed by atoms with E-state index in [4.69, 9.17) is 9.15 Å². The number of carbonyl (C=O) groups is 1. The second-order valence-corrected chi connectivity index (χ2v) is 6.03. The minimum Gasteiger partial charge on any atom is -0.484 e. The summed E-state index contributed by atoms with van der Waals surface area (Å²) in [6, 6.07) is 6.05. The smallest absolute Gasteiger partial charge is 0.275 e. The molecule has 1 saturated heterocycles. The van der Waals surface area contributed by atoms with E-state index < -0.39 is 0 Å². The van der Waals surface area contributed by atoms with Gasteiger partial charge in [0, 0.05) is 19.1 Å². The van der Waals surface area contributed by atoms with Crippen LogP contribution >= 0.6 is 0 Å². The second-order valence-electron chi connectivity index (χ2n) is 6.03. The molecule has 6 nitrogen and oxygen atoms in total. The molecule has 1 atom stereocenters. The van der Waals surface area contributed by atoms with E-state index in [1.165, 1.54) is 30.5 Å². The van der Waals surface area contributed by atoms with Crippen molar-refractivity contribution in [3.63, 3.8) is 0 Å². The van der Waals surface area contributed by atoms with Crippen molar-refractivity contribution in [3.05, 3.63) is 47.9 Å². The first kappa shape index (κ1) is 16.4. The maximum atomic E-state index is 12.8. The number of amides is 1. The molecule has 0 N–H and O–H groups in total. The number of hydrogen-bond donors (Lipinski definition) is 0. The Labute approximate surface area is 139 Å². The van der Waals surface area contributed by atoms with Crippen molar-refractivity contribution in [2.75, 3.05) is 27.2 Å². The van der Waals surface area contributed by atoms with Crippen LogP contribution in [0.15, 0.2) is 34.9 Å². The SMILES string of the molecule is CN(C)[C@@H]1CCN(C(=O)c2coc(COc3ccc(F)cc3)n2)C1. The number of hydrogen-bond acceptors (Lipinski definition) is 5. The van der Waals surface area contributed by atoms with E-state index in [-0.39, 0.29) is 24.0 Å². The maximum absolute atomic E-state index is 12.8. The molecule has 2 heterocycles. The van der Waals surface area contributed by atoms with Crippen molar-refractivity contribution >= 4 is 5.91 Å². The zero-order chi connectivity index (χ0) is 17.1. The van der Waals surface area contributed by atoms with Gasteiger partial charge in [-0.25, -0.2) is 9.37 Å². The summed E-state index contributed by atoms with van der Waals surface area (Å²) in [5.41, 5.74) is 0.284. The van der Waals surface area contributed by atoms with Gasteiger partial charge in [0.05, 0.1) is 0 Å². The van der Waals surface area contributed by atoms with Gasteiger partial charge in [0.1, 0.15) is 17.8 Å². The lowest BCUT2D eigenvalue weighted by Gasteiger charge is -2.19. The van der Waals surface area contributed by atoms with Crippen molar-refractivity contribution in [3.8, 4) is 5.75 Å². The van der Waals surface area contributed by atoms with Crippen molar-refractivity contribution in [2.24, 2.45) is 0 Å². The third kappa shape index (κ3) is 3.73. The number of rotatable bonds is 5. The maximum Gasteiger partial charge on any atom is 0.275 e. The summed E-state index contributed by atoms with van der Waals surface area (Å²) in [6.45, 7) is 1.50. The highest BCUT2D eigenvalue weighted by molar-refractivity contribution is 5.92. The van der Waals surface area contributed by atoms with Gasteiger partial charge in [-0.15, -0.1) is 0 Å². The largest absolute Gasteiger partial charge is 0.484 e. The lowest BCUT2D eigenvalue weighted by atomic mass is 10.2. The van der Waals surface area contributed by atoms with E-state index in [1.807, 2.05) is 14.1 Å². The predicted molar refractivity (Wildman–Crippen MR) is 85.2 cm³/mol. The van der Waals surface area contributed by atoms with Gasteiger partial charge in [0.2, 0.25) is 5.89 Å². The number of ether oxygens (including phenoxy) is 1. The molecule has 1 aromatic carbocycles. The molecule has 0 unspecified atom stereocenters. The molecule has 1 fully saturated rings. The molecule has 0 bridgehead atoms. The standard InChI is InChI=1S/C17H20FN3O3/c1-20(2)13-7-8-21(9-13)17(22)15-10-24-16(19-15)11-23-14-5-3-12(18)4-6-14/h3-6,10,13H,7-9,11H2,1-2H3/t13-/m1/s1. The summed E-state index contributed by atoms with van der Waals surface area (Å²) in [5, 5.41) is 0. The fourth-order valence-corrected chi connectivity index (χ4v) is 2.66. The van der Waals surface area contributed by atoms with E-state index in [0.29, 0.717) is 24.2 Å². The Hall–Kier alpha value is -2.41. The third-order valence-corrected chi connectivity index (χ3v) is 4.13. The fraction of sp³-hybridized carbons (Fsp3) is 0.412. The first-order chi connectivity index (χ1) is 11.5. The molecule has 128 valence electrons. The first-order valence-electron chi connectivity index (χ1n) is 7.81. The van der Waals surface area contributed by atoms with E-state index in [0.717, 1.165) is 13.0 Å². The number of benzene rings is 1. The summed E-state index contributed by atoms with van der Waals surface area (Å²) in [7, 11) is 4.03. The monoisotopic (exact) mass is 333 g/mol. The Kier molecular flexibility index (Phi) is 4.80. The summed E-state index contributed by atoms with van der Waals surface area (Å²) in [6.07, 6.45) is 2.31. The highest BCUT2D eigenvalue weighted by Crippen LogP contribution is 2.17. The molecule has 1 amide bonds. The van der Waals surface area contributed by atoms with Crippen LogP contribution in [0.25, 0.3) is 0 Å². The third-order valence-electron chi connectivity index (χ3n) is 4.13. The number of halogens is 1. The lowest BCUT2D eigenvalue weighted by Crippen LogP contribution is -2.34. The molecule has 0 aliphatic carbocycles. The number of likely N-dealkylation sites (tertiary alicyclic amines) is 1. The molecular weight excluding hydrogens is 313 g/mol. The molecule has 3 rings (SSSR count). The van der Waals surface area contributed by atoms with Crippen molar-refractivity contribution in [1.29, 1.82) is 0 Å². The van der Waals surface area contributed by atoms with Crippen LogP contribution in [0.5, 0.6) is 5.75 Å². The van der Waals surface area contributed by atoms with Gasteiger partial charge in [-0.3, -0.25) is 4.79 Å². The lowest BCUT2D eigenvalue weighted by molar-refractivity contribution is 0.0777. The van der Waals surface area contributed by atoms with E-state index in [1.54, 1.807) is 4.90 Å². The van der Waals surface area contributed by atoms with E-state index in [9.17, 15) is 9.18 Å². The quantitative estimate of drug-likeness (QED) is 0.839. The van der Waals surface area contributed by atoms with Crippen LogP contribution in [-0.2, 0) is 6.61 Å². The van der Waals surface area contributed by atoms with E-state index >= 15 is 0 Å². The Bertz CT molecular complexity index is 699. The average Bonchev–Trinajstić information content (AvgIpc) is 3.23. The molecule has 1 aliphatic rings. The van der Waals surface area contributed by atoms with Crippen LogP contribution in [0.2, 0.25) is 0 Å². The molecule has 0 radical (unpaired) electrons. The molecule has 2 aromatic rings. The number of oxazole rings is 1.